The molecular formula is C5H7BrClN3. The fourth-order valence-corrected chi connectivity index (χ4v) is 0.995. The van der Waals surface area contributed by atoms with E-state index in [1.54, 1.807) is 4.80 Å². The summed E-state index contributed by atoms with van der Waals surface area (Å²) in [6, 6.07) is 0. The summed E-state index contributed by atoms with van der Waals surface area (Å²) < 4.78 is 0.614. The average molecular weight is 224 g/mol. The highest BCUT2D eigenvalue weighted by Gasteiger charge is 2.02. The highest BCUT2D eigenvalue weighted by molar-refractivity contribution is 9.10. The summed E-state index contributed by atoms with van der Waals surface area (Å²) >= 11 is 8.78. The zero-order chi connectivity index (χ0) is 7.56. The van der Waals surface area contributed by atoms with Crippen molar-refractivity contribution >= 4 is 27.5 Å². The number of aromatic nitrogens is 3. The van der Waals surface area contributed by atoms with Crippen LogP contribution >= 0.6 is 27.5 Å². The molecule has 1 heterocycles. The molecule has 56 valence electrons. The van der Waals surface area contributed by atoms with Crippen LogP contribution in [-0.4, -0.2) is 15.0 Å². The first-order valence-corrected chi connectivity index (χ1v) is 4.17. The fourth-order valence-electron chi connectivity index (χ4n) is 0.608. The van der Waals surface area contributed by atoms with E-state index in [2.05, 4.69) is 33.1 Å². The molecule has 0 aliphatic rings. The Hall–Kier alpha value is -0.0900. The zero-order valence-electron chi connectivity index (χ0n) is 5.51. The lowest BCUT2D eigenvalue weighted by Crippen LogP contribution is -2.00. The van der Waals surface area contributed by atoms with E-state index in [-0.39, 0.29) is 0 Å². The summed E-state index contributed by atoms with van der Waals surface area (Å²) in [4.78, 5) is 1.58. The van der Waals surface area contributed by atoms with Gasteiger partial charge in [0, 0.05) is 0 Å². The maximum Gasteiger partial charge on any atom is 0.185 e. The second-order valence-corrected chi connectivity index (χ2v) is 2.99. The van der Waals surface area contributed by atoms with Gasteiger partial charge in [-0.3, -0.25) is 0 Å². The van der Waals surface area contributed by atoms with E-state index in [9.17, 15) is 0 Å². The van der Waals surface area contributed by atoms with E-state index in [0.29, 0.717) is 9.76 Å². The van der Waals surface area contributed by atoms with E-state index in [1.807, 2.05) is 0 Å². The maximum atomic E-state index is 5.62. The van der Waals surface area contributed by atoms with Crippen molar-refractivity contribution in [3.8, 4) is 0 Å². The lowest BCUT2D eigenvalue weighted by molar-refractivity contribution is 0.526. The van der Waals surface area contributed by atoms with Gasteiger partial charge in [-0.15, -0.1) is 10.2 Å². The predicted octanol–water partition coefficient (Wildman–Crippen LogP) is 2.10. The molecule has 1 rings (SSSR count). The SMILES string of the molecule is CCCn1nc(Cl)c(Br)n1. The minimum absolute atomic E-state index is 0.424. The van der Waals surface area contributed by atoms with E-state index in [4.69, 9.17) is 11.6 Å². The minimum Gasteiger partial charge on any atom is -0.182 e. The Bertz CT molecular complexity index is 203. The molecule has 0 aromatic carbocycles. The van der Waals surface area contributed by atoms with Gasteiger partial charge in [0.15, 0.2) is 9.76 Å². The normalized spacial score (nSPS) is 10.3. The molecule has 1 aromatic rings. The van der Waals surface area contributed by atoms with Crippen LogP contribution in [0.2, 0.25) is 5.15 Å². The summed E-state index contributed by atoms with van der Waals surface area (Å²) in [6.45, 7) is 2.87. The molecule has 3 nitrogen and oxygen atoms in total. The minimum atomic E-state index is 0.424. The third-order valence-corrected chi connectivity index (χ3v) is 2.02. The van der Waals surface area contributed by atoms with E-state index < -0.39 is 0 Å². The molecule has 0 aliphatic heterocycles. The van der Waals surface area contributed by atoms with Crippen LogP contribution in [0.1, 0.15) is 13.3 Å². The van der Waals surface area contributed by atoms with Gasteiger partial charge in [-0.25, -0.2) is 0 Å². The van der Waals surface area contributed by atoms with Gasteiger partial charge in [0.1, 0.15) is 0 Å². The van der Waals surface area contributed by atoms with Crippen LogP contribution in [0.5, 0.6) is 0 Å². The molecule has 0 unspecified atom stereocenters. The van der Waals surface area contributed by atoms with E-state index in [1.165, 1.54) is 0 Å². The molecule has 5 heteroatoms. The Morgan fingerprint density at radius 1 is 1.60 bits per heavy atom. The molecule has 0 aliphatic carbocycles. The number of halogens is 2. The number of nitrogens with zero attached hydrogens (tertiary/aromatic N) is 3. The zero-order valence-corrected chi connectivity index (χ0v) is 7.85. The van der Waals surface area contributed by atoms with Crippen LogP contribution in [-0.2, 0) is 6.54 Å². The Balaban J connectivity index is 2.77. The molecule has 0 N–H and O–H groups in total. The third-order valence-electron chi connectivity index (χ3n) is 1.00. The Kier molecular flexibility index (Phi) is 2.68. The van der Waals surface area contributed by atoms with E-state index in [0.717, 1.165) is 13.0 Å². The molecular weight excluding hydrogens is 217 g/mol. The maximum absolute atomic E-state index is 5.62. The fraction of sp³-hybridized carbons (Fsp3) is 0.600. The molecule has 0 spiro atoms. The van der Waals surface area contributed by atoms with Crippen LogP contribution in [0.4, 0.5) is 0 Å². The van der Waals surface area contributed by atoms with Crippen LogP contribution in [0.3, 0.4) is 0 Å². The number of rotatable bonds is 2. The average Bonchev–Trinajstić information content (AvgIpc) is 2.14. The summed E-state index contributed by atoms with van der Waals surface area (Å²) in [5, 5.41) is 8.34. The molecule has 0 bridgehead atoms. The quantitative estimate of drug-likeness (QED) is 0.770. The van der Waals surface area contributed by atoms with Gasteiger partial charge < -0.3 is 0 Å². The first-order chi connectivity index (χ1) is 4.74. The summed E-state index contributed by atoms with van der Waals surface area (Å²) in [5.74, 6) is 0. The number of hydrogen-bond acceptors (Lipinski definition) is 2. The second kappa shape index (κ2) is 3.34. The highest BCUT2D eigenvalue weighted by Crippen LogP contribution is 2.15. The van der Waals surface area contributed by atoms with Crippen molar-refractivity contribution < 1.29 is 0 Å². The lowest BCUT2D eigenvalue weighted by atomic mass is 10.5. The molecule has 0 amide bonds. The molecule has 0 saturated carbocycles. The van der Waals surface area contributed by atoms with Gasteiger partial charge >= 0.3 is 0 Å². The van der Waals surface area contributed by atoms with Gasteiger partial charge in [-0.05, 0) is 22.4 Å². The van der Waals surface area contributed by atoms with Gasteiger partial charge in [-0.2, -0.15) is 4.80 Å². The Morgan fingerprint density at radius 3 is 2.70 bits per heavy atom. The van der Waals surface area contributed by atoms with Gasteiger partial charge in [0.05, 0.1) is 6.54 Å². The van der Waals surface area contributed by atoms with E-state index >= 15 is 0 Å². The standard InChI is InChI=1S/C5H7BrClN3/c1-2-3-10-8-4(6)5(7)9-10/h2-3H2,1H3. The van der Waals surface area contributed by atoms with Gasteiger partial charge in [0.2, 0.25) is 0 Å². The molecule has 1 aromatic heterocycles. The van der Waals surface area contributed by atoms with Crippen molar-refractivity contribution in [1.29, 1.82) is 0 Å². The van der Waals surface area contributed by atoms with Crippen LogP contribution < -0.4 is 0 Å². The Morgan fingerprint density at radius 2 is 2.30 bits per heavy atom. The van der Waals surface area contributed by atoms with Crippen molar-refractivity contribution in [3.63, 3.8) is 0 Å². The Labute approximate surface area is 72.5 Å². The number of hydrogen-bond donors (Lipinski definition) is 0. The smallest absolute Gasteiger partial charge is 0.182 e. The molecule has 0 atom stereocenters. The van der Waals surface area contributed by atoms with Crippen molar-refractivity contribution in [1.82, 2.24) is 15.0 Å². The van der Waals surface area contributed by atoms with Crippen LogP contribution in [0.25, 0.3) is 0 Å². The second-order valence-electron chi connectivity index (χ2n) is 1.88. The molecule has 10 heavy (non-hydrogen) atoms. The summed E-state index contributed by atoms with van der Waals surface area (Å²) in [6.07, 6.45) is 1.01. The van der Waals surface area contributed by atoms with Crippen LogP contribution in [0, 0.1) is 0 Å². The largest absolute Gasteiger partial charge is 0.185 e. The van der Waals surface area contributed by atoms with Crippen molar-refractivity contribution in [2.75, 3.05) is 0 Å². The first-order valence-electron chi connectivity index (χ1n) is 3.00. The molecule has 0 fully saturated rings. The molecule has 0 saturated heterocycles. The van der Waals surface area contributed by atoms with Gasteiger partial charge in [0.25, 0.3) is 0 Å². The van der Waals surface area contributed by atoms with Crippen molar-refractivity contribution in [3.05, 3.63) is 9.76 Å². The first kappa shape index (κ1) is 8.01. The highest BCUT2D eigenvalue weighted by atomic mass is 79.9. The predicted molar refractivity (Wildman–Crippen MR) is 43.0 cm³/mol. The lowest BCUT2D eigenvalue weighted by Gasteiger charge is -1.90. The third kappa shape index (κ3) is 1.70. The number of aryl methyl sites for hydroxylation is 1. The van der Waals surface area contributed by atoms with Crippen LogP contribution in [0.15, 0.2) is 4.60 Å². The van der Waals surface area contributed by atoms with Crippen molar-refractivity contribution in [2.24, 2.45) is 0 Å². The summed E-state index contributed by atoms with van der Waals surface area (Å²) in [5.41, 5.74) is 0. The van der Waals surface area contributed by atoms with Crippen molar-refractivity contribution in [2.45, 2.75) is 19.9 Å². The summed E-state index contributed by atoms with van der Waals surface area (Å²) in [7, 11) is 0. The molecule has 0 radical (unpaired) electrons. The van der Waals surface area contributed by atoms with Gasteiger partial charge in [-0.1, -0.05) is 18.5 Å². The monoisotopic (exact) mass is 223 g/mol. The topological polar surface area (TPSA) is 30.7 Å².